The number of nitrogens with one attached hydrogen (secondary N) is 1. The first-order valence-electron chi connectivity index (χ1n) is 9.47. The van der Waals surface area contributed by atoms with Crippen molar-refractivity contribution in [2.24, 2.45) is 0 Å². The summed E-state index contributed by atoms with van der Waals surface area (Å²) in [6, 6.07) is 24.2. The molecule has 0 saturated heterocycles. The van der Waals surface area contributed by atoms with E-state index in [4.69, 9.17) is 20.9 Å². The van der Waals surface area contributed by atoms with E-state index in [0.29, 0.717) is 34.4 Å². The molecule has 0 heterocycles. The van der Waals surface area contributed by atoms with Gasteiger partial charge < -0.3 is 36.5 Å². The molecule has 0 spiro atoms. The molecule has 7 N–H and O–H groups in total. The lowest BCUT2D eigenvalue weighted by atomic mass is 10.2. The van der Waals surface area contributed by atoms with Crippen LogP contribution in [0.5, 0.6) is 34.5 Å². The fourth-order valence-corrected chi connectivity index (χ4v) is 2.91. The molecule has 0 unspecified atom stereocenters. The molecule has 0 aliphatic rings. The zero-order chi connectivity index (χ0) is 21.8. The number of anilines is 4. The number of nitrogen functional groups attached to an aromatic ring is 2. The van der Waals surface area contributed by atoms with Crippen molar-refractivity contribution in [1.29, 1.82) is 0 Å². The smallest absolute Gasteiger partial charge is 0.150 e. The van der Waals surface area contributed by atoms with Crippen LogP contribution in [0.15, 0.2) is 84.9 Å². The van der Waals surface area contributed by atoms with Gasteiger partial charge in [0.25, 0.3) is 0 Å². The minimum atomic E-state index is -0.000274. The van der Waals surface area contributed by atoms with Gasteiger partial charge in [0.05, 0.1) is 22.7 Å². The number of benzene rings is 4. The second-order valence-corrected chi connectivity index (χ2v) is 6.76. The van der Waals surface area contributed by atoms with Crippen LogP contribution in [0.4, 0.5) is 22.7 Å². The Bertz CT molecular complexity index is 1130. The quantitative estimate of drug-likeness (QED) is 0.205. The minimum Gasteiger partial charge on any atom is -0.506 e. The van der Waals surface area contributed by atoms with Crippen molar-refractivity contribution in [1.82, 2.24) is 0 Å². The molecular formula is C24H21N3O4. The number of nitrogens with two attached hydrogens (primary N) is 2. The van der Waals surface area contributed by atoms with E-state index >= 15 is 0 Å². The molecular weight excluding hydrogens is 394 g/mol. The molecule has 0 atom stereocenters. The topological polar surface area (TPSA) is 123 Å². The van der Waals surface area contributed by atoms with Crippen molar-refractivity contribution >= 4 is 22.7 Å². The van der Waals surface area contributed by atoms with E-state index in [0.717, 1.165) is 0 Å². The monoisotopic (exact) mass is 415 g/mol. The molecule has 0 aliphatic heterocycles. The fourth-order valence-electron chi connectivity index (χ4n) is 2.91. The van der Waals surface area contributed by atoms with Gasteiger partial charge in [-0.15, -0.1) is 0 Å². The average Bonchev–Trinajstić information content (AvgIpc) is 2.76. The van der Waals surface area contributed by atoms with Crippen molar-refractivity contribution in [2.75, 3.05) is 16.8 Å². The first-order valence-corrected chi connectivity index (χ1v) is 9.47. The lowest BCUT2D eigenvalue weighted by Crippen LogP contribution is -1.97. The molecule has 0 bridgehead atoms. The molecule has 4 aromatic carbocycles. The van der Waals surface area contributed by atoms with Gasteiger partial charge in [0.1, 0.15) is 23.0 Å². The number of rotatable bonds is 6. The molecule has 0 saturated carbocycles. The highest BCUT2D eigenvalue weighted by atomic mass is 16.5. The summed E-state index contributed by atoms with van der Waals surface area (Å²) in [6.07, 6.45) is 0. The van der Waals surface area contributed by atoms with Gasteiger partial charge in [-0.3, -0.25) is 0 Å². The van der Waals surface area contributed by atoms with Crippen molar-refractivity contribution in [3.8, 4) is 34.5 Å². The van der Waals surface area contributed by atoms with Crippen molar-refractivity contribution in [3.05, 3.63) is 84.9 Å². The Morgan fingerprint density at radius 1 is 0.581 bits per heavy atom. The second kappa shape index (κ2) is 8.46. The van der Waals surface area contributed by atoms with Crippen LogP contribution < -0.4 is 26.3 Å². The molecule has 0 amide bonds. The van der Waals surface area contributed by atoms with E-state index in [-0.39, 0.29) is 22.9 Å². The van der Waals surface area contributed by atoms with Crippen LogP contribution in [0.25, 0.3) is 0 Å². The summed E-state index contributed by atoms with van der Waals surface area (Å²) in [7, 11) is 0. The second-order valence-electron chi connectivity index (χ2n) is 6.76. The highest BCUT2D eigenvalue weighted by molar-refractivity contribution is 5.71. The number of hydrogen-bond acceptors (Lipinski definition) is 7. The fraction of sp³-hybridized carbons (Fsp3) is 0. The molecule has 7 nitrogen and oxygen atoms in total. The lowest BCUT2D eigenvalue weighted by Gasteiger charge is -2.16. The maximum absolute atomic E-state index is 9.61. The molecule has 0 aliphatic carbocycles. The number of ether oxygens (including phenoxy) is 2. The summed E-state index contributed by atoms with van der Waals surface area (Å²) in [5.74, 6) is 2.12. The standard InChI is InChI=1S/C24H21N3O4/c25-17-13-15(9-11-21(17)28)30-23-7-3-1-5-19(23)27-20-6-2-4-8-24(20)31-16-10-12-22(29)18(26)14-16/h1-14,27-29H,25-26H2. The number of aromatic hydroxyl groups is 2. The van der Waals surface area contributed by atoms with Crippen molar-refractivity contribution in [2.45, 2.75) is 0 Å². The average molecular weight is 415 g/mol. The van der Waals surface area contributed by atoms with Gasteiger partial charge in [0.2, 0.25) is 0 Å². The highest BCUT2D eigenvalue weighted by Gasteiger charge is 2.11. The van der Waals surface area contributed by atoms with Crippen molar-refractivity contribution < 1.29 is 19.7 Å². The Hall–Kier alpha value is -4.52. The third kappa shape index (κ3) is 4.56. The molecule has 156 valence electrons. The zero-order valence-electron chi connectivity index (χ0n) is 16.4. The zero-order valence-corrected chi connectivity index (χ0v) is 16.4. The number of phenols is 2. The molecule has 31 heavy (non-hydrogen) atoms. The van der Waals surface area contributed by atoms with E-state index in [1.54, 1.807) is 24.3 Å². The van der Waals surface area contributed by atoms with Crippen LogP contribution in [-0.4, -0.2) is 10.2 Å². The van der Waals surface area contributed by atoms with Gasteiger partial charge in [-0.1, -0.05) is 24.3 Å². The lowest BCUT2D eigenvalue weighted by molar-refractivity contribution is 0.466. The first-order chi connectivity index (χ1) is 15.0. The summed E-state index contributed by atoms with van der Waals surface area (Å²) in [5, 5.41) is 22.6. The normalized spacial score (nSPS) is 10.5. The Kier molecular flexibility index (Phi) is 5.40. The third-order valence-electron chi connectivity index (χ3n) is 4.50. The Morgan fingerprint density at radius 3 is 1.42 bits per heavy atom. The molecule has 0 aromatic heterocycles. The predicted octanol–water partition coefficient (Wildman–Crippen LogP) is 5.59. The van der Waals surface area contributed by atoms with Crippen LogP contribution in [0.1, 0.15) is 0 Å². The molecule has 0 fully saturated rings. The molecule has 7 heteroatoms. The van der Waals surface area contributed by atoms with Crippen LogP contribution >= 0.6 is 0 Å². The van der Waals surface area contributed by atoms with E-state index in [1.807, 2.05) is 48.5 Å². The Morgan fingerprint density at radius 2 is 1.00 bits per heavy atom. The van der Waals surface area contributed by atoms with Crippen LogP contribution in [-0.2, 0) is 0 Å². The maximum atomic E-state index is 9.61. The summed E-state index contributed by atoms with van der Waals surface area (Å²) in [5.41, 5.74) is 13.4. The van der Waals surface area contributed by atoms with Gasteiger partial charge in [0, 0.05) is 12.1 Å². The van der Waals surface area contributed by atoms with E-state index < -0.39 is 0 Å². The number of phenolic OH excluding ortho intramolecular Hbond substituents is 2. The highest BCUT2D eigenvalue weighted by Crippen LogP contribution is 2.38. The predicted molar refractivity (Wildman–Crippen MR) is 121 cm³/mol. The molecule has 4 aromatic rings. The maximum Gasteiger partial charge on any atom is 0.150 e. The Balaban J connectivity index is 1.60. The van der Waals surface area contributed by atoms with E-state index in [9.17, 15) is 10.2 Å². The van der Waals surface area contributed by atoms with Gasteiger partial charge in [-0.05, 0) is 48.5 Å². The van der Waals surface area contributed by atoms with Crippen LogP contribution in [0, 0.1) is 0 Å². The third-order valence-corrected chi connectivity index (χ3v) is 4.50. The van der Waals surface area contributed by atoms with Gasteiger partial charge >= 0.3 is 0 Å². The summed E-state index contributed by atoms with van der Waals surface area (Å²) < 4.78 is 11.9. The first kappa shape index (κ1) is 19.8. The molecule has 0 radical (unpaired) electrons. The Labute approximate surface area is 179 Å². The van der Waals surface area contributed by atoms with E-state index in [2.05, 4.69) is 5.32 Å². The van der Waals surface area contributed by atoms with Gasteiger partial charge in [0.15, 0.2) is 11.5 Å². The number of para-hydroxylation sites is 4. The van der Waals surface area contributed by atoms with Crippen LogP contribution in [0.3, 0.4) is 0 Å². The van der Waals surface area contributed by atoms with Crippen LogP contribution in [0.2, 0.25) is 0 Å². The van der Waals surface area contributed by atoms with Gasteiger partial charge in [-0.25, -0.2) is 0 Å². The molecule has 4 rings (SSSR count). The summed E-state index contributed by atoms with van der Waals surface area (Å²) in [6.45, 7) is 0. The van der Waals surface area contributed by atoms with Crippen molar-refractivity contribution in [3.63, 3.8) is 0 Å². The summed E-state index contributed by atoms with van der Waals surface area (Å²) >= 11 is 0. The van der Waals surface area contributed by atoms with Gasteiger partial charge in [-0.2, -0.15) is 0 Å². The summed E-state index contributed by atoms with van der Waals surface area (Å²) in [4.78, 5) is 0. The van der Waals surface area contributed by atoms with E-state index in [1.165, 1.54) is 12.1 Å². The largest absolute Gasteiger partial charge is 0.506 e. The minimum absolute atomic E-state index is 0.000274. The number of hydrogen-bond donors (Lipinski definition) is 5. The SMILES string of the molecule is Nc1cc(Oc2ccccc2Nc2ccccc2Oc2ccc(O)c(N)c2)ccc1O.